The molecule has 5 aliphatic rings. The second-order valence-corrected chi connectivity index (χ2v) is 13.1. The van der Waals surface area contributed by atoms with E-state index in [4.69, 9.17) is 18.9 Å². The lowest BCUT2D eigenvalue weighted by Crippen LogP contribution is -2.62. The van der Waals surface area contributed by atoms with Crippen LogP contribution in [0.25, 0.3) is 0 Å². The first-order valence-corrected chi connectivity index (χ1v) is 14.7. The standard InChI is InChI=1S/C30H46O9/c1-5-29(34)15-21(39-25-13-23(36-4)26(33)18(2)38-25)7-10-28(29,17-31)20-6-9-27(3)22(8-11-30(27,35)14-20)19-12-24(32)37-16-19/h12,17-18,20-23,25-26,33-35H,5-11,13-16H2,1-4H3/t18?,20-,21?,22?,23?,25?,26?,27?,28?,29?,30?/m0/s1. The second kappa shape index (κ2) is 10.5. The lowest BCUT2D eigenvalue weighted by atomic mass is 9.49. The van der Waals surface area contributed by atoms with Gasteiger partial charge in [-0.1, -0.05) is 13.8 Å². The molecule has 2 heterocycles. The number of ether oxygens (including phenoxy) is 4. The van der Waals surface area contributed by atoms with Gasteiger partial charge in [0.05, 0.1) is 34.9 Å². The van der Waals surface area contributed by atoms with Crippen LogP contribution < -0.4 is 0 Å². The van der Waals surface area contributed by atoms with Gasteiger partial charge < -0.3 is 39.1 Å². The molecule has 0 spiro atoms. The van der Waals surface area contributed by atoms with E-state index in [1.54, 1.807) is 20.1 Å². The predicted octanol–water partition coefficient (Wildman–Crippen LogP) is 2.82. The van der Waals surface area contributed by atoms with Gasteiger partial charge in [-0.2, -0.15) is 0 Å². The molecule has 11 atom stereocenters. The quantitative estimate of drug-likeness (QED) is 0.323. The molecule has 9 nitrogen and oxygen atoms in total. The van der Waals surface area contributed by atoms with E-state index in [1.807, 2.05) is 6.92 Å². The van der Waals surface area contributed by atoms with Crippen LogP contribution in [0.2, 0.25) is 0 Å². The molecule has 0 amide bonds. The van der Waals surface area contributed by atoms with Gasteiger partial charge in [-0.3, -0.25) is 0 Å². The Bertz CT molecular complexity index is 983. The Kier molecular flexibility index (Phi) is 7.83. The van der Waals surface area contributed by atoms with E-state index in [0.29, 0.717) is 58.0 Å². The van der Waals surface area contributed by atoms with Crippen LogP contribution in [0.3, 0.4) is 0 Å². The Labute approximate surface area is 231 Å². The van der Waals surface area contributed by atoms with Crippen molar-refractivity contribution in [3.63, 3.8) is 0 Å². The van der Waals surface area contributed by atoms with Crippen molar-refractivity contribution in [3.05, 3.63) is 11.6 Å². The van der Waals surface area contributed by atoms with Crippen molar-refractivity contribution >= 4 is 12.3 Å². The van der Waals surface area contributed by atoms with Crippen LogP contribution >= 0.6 is 0 Å². The van der Waals surface area contributed by atoms with Crippen molar-refractivity contribution in [2.75, 3.05) is 13.7 Å². The van der Waals surface area contributed by atoms with Crippen molar-refractivity contribution in [1.82, 2.24) is 0 Å². The maximum Gasteiger partial charge on any atom is 0.331 e. The maximum atomic E-state index is 13.0. The minimum atomic E-state index is -1.28. The number of carbonyl (C=O) groups is 2. The highest BCUT2D eigenvalue weighted by Crippen LogP contribution is 2.65. The van der Waals surface area contributed by atoms with Crippen LogP contribution in [-0.4, -0.2) is 83.2 Å². The third kappa shape index (κ3) is 4.61. The lowest BCUT2D eigenvalue weighted by Gasteiger charge is -2.58. The highest BCUT2D eigenvalue weighted by molar-refractivity contribution is 5.85. The largest absolute Gasteiger partial charge is 0.458 e. The van der Waals surface area contributed by atoms with Gasteiger partial charge in [-0.15, -0.1) is 0 Å². The van der Waals surface area contributed by atoms with Crippen molar-refractivity contribution in [3.8, 4) is 0 Å². The summed E-state index contributed by atoms with van der Waals surface area (Å²) in [6.45, 7) is 6.11. The van der Waals surface area contributed by atoms with E-state index in [0.717, 1.165) is 24.7 Å². The first-order valence-electron chi connectivity index (χ1n) is 14.7. The number of methoxy groups -OCH3 is 1. The number of hydrogen-bond donors (Lipinski definition) is 3. The minimum absolute atomic E-state index is 0.0728. The molecule has 1 saturated heterocycles. The fraction of sp³-hybridized carbons (Fsp3) is 0.867. The Hall–Kier alpha value is -1.36. The number of esters is 1. The Morgan fingerprint density at radius 3 is 2.56 bits per heavy atom. The van der Waals surface area contributed by atoms with Gasteiger partial charge >= 0.3 is 5.97 Å². The number of fused-ring (bicyclic) bond motifs is 1. The molecular formula is C30H46O9. The van der Waals surface area contributed by atoms with Crippen LogP contribution in [0.4, 0.5) is 0 Å². The fourth-order valence-corrected chi connectivity index (χ4v) is 8.95. The summed E-state index contributed by atoms with van der Waals surface area (Å²) in [5.41, 5.74) is -2.68. The van der Waals surface area contributed by atoms with Crippen molar-refractivity contribution in [1.29, 1.82) is 0 Å². The van der Waals surface area contributed by atoms with E-state index in [9.17, 15) is 24.9 Å². The third-order valence-corrected chi connectivity index (χ3v) is 11.5. The first-order chi connectivity index (χ1) is 18.4. The number of aldehydes is 1. The molecule has 3 N–H and O–H groups in total. The van der Waals surface area contributed by atoms with E-state index < -0.39 is 46.6 Å². The lowest BCUT2D eigenvalue weighted by molar-refractivity contribution is -0.278. The monoisotopic (exact) mass is 550 g/mol. The number of aliphatic hydroxyl groups excluding tert-OH is 1. The molecule has 4 fully saturated rings. The van der Waals surface area contributed by atoms with Gasteiger partial charge in [-0.25, -0.2) is 4.79 Å². The summed E-state index contributed by atoms with van der Waals surface area (Å²) >= 11 is 0. The van der Waals surface area contributed by atoms with Crippen LogP contribution in [0, 0.1) is 22.7 Å². The molecule has 0 radical (unpaired) electrons. The molecule has 2 aliphatic heterocycles. The summed E-state index contributed by atoms with van der Waals surface area (Å²) in [4.78, 5) is 24.7. The SMILES string of the molecule is CCC1(O)CC(OC2CC(OC)C(O)C(C)O2)CCC1(C=O)[C@H]1CCC2(C)C(C3=CC(=O)OC3)CCC2(O)C1. The van der Waals surface area contributed by atoms with Crippen molar-refractivity contribution in [2.24, 2.45) is 22.7 Å². The number of aliphatic hydroxyl groups is 3. The van der Waals surface area contributed by atoms with Gasteiger partial charge in [0.1, 0.15) is 19.0 Å². The van der Waals surface area contributed by atoms with Crippen molar-refractivity contribution in [2.45, 2.75) is 127 Å². The van der Waals surface area contributed by atoms with Gasteiger partial charge in [-0.05, 0) is 75.7 Å². The van der Waals surface area contributed by atoms with Crippen LogP contribution in [-0.2, 0) is 28.5 Å². The second-order valence-electron chi connectivity index (χ2n) is 13.1. The van der Waals surface area contributed by atoms with Crippen molar-refractivity contribution < 1.29 is 43.9 Å². The van der Waals surface area contributed by atoms with Crippen LogP contribution in [0.1, 0.15) is 85.0 Å². The van der Waals surface area contributed by atoms with Gasteiger partial charge in [0.2, 0.25) is 0 Å². The Morgan fingerprint density at radius 2 is 1.92 bits per heavy atom. The molecule has 10 unspecified atom stereocenters. The number of carbonyl (C=O) groups excluding carboxylic acids is 2. The molecule has 220 valence electrons. The summed E-state index contributed by atoms with van der Waals surface area (Å²) in [6.07, 6.45) is 5.57. The highest BCUT2D eigenvalue weighted by Gasteiger charge is 2.65. The average molecular weight is 551 g/mol. The zero-order valence-corrected chi connectivity index (χ0v) is 23.8. The number of cyclic esters (lactones) is 1. The average Bonchev–Trinajstić information content (AvgIpc) is 3.45. The van der Waals surface area contributed by atoms with Gasteiger partial charge in [0, 0.05) is 31.4 Å². The third-order valence-electron chi connectivity index (χ3n) is 11.5. The smallest absolute Gasteiger partial charge is 0.331 e. The predicted molar refractivity (Wildman–Crippen MR) is 140 cm³/mol. The summed E-state index contributed by atoms with van der Waals surface area (Å²) < 4.78 is 22.8. The summed E-state index contributed by atoms with van der Waals surface area (Å²) in [6, 6.07) is 0. The Balaban J connectivity index is 1.32. The summed E-state index contributed by atoms with van der Waals surface area (Å²) in [5.74, 6) is -0.401. The van der Waals surface area contributed by atoms with Crippen LogP contribution in [0.5, 0.6) is 0 Å². The normalized spacial score (nSPS) is 50.3. The van der Waals surface area contributed by atoms with Crippen LogP contribution in [0.15, 0.2) is 11.6 Å². The molecule has 0 aromatic heterocycles. The summed E-state index contributed by atoms with van der Waals surface area (Å²) in [5, 5.41) is 34.5. The molecule has 9 heteroatoms. The van der Waals surface area contributed by atoms with E-state index >= 15 is 0 Å². The number of hydrogen-bond acceptors (Lipinski definition) is 9. The zero-order valence-electron chi connectivity index (χ0n) is 23.8. The molecule has 5 rings (SSSR count). The highest BCUT2D eigenvalue weighted by atomic mass is 16.7. The molecule has 0 bridgehead atoms. The van der Waals surface area contributed by atoms with Gasteiger partial charge in [0.25, 0.3) is 0 Å². The topological polar surface area (TPSA) is 132 Å². The van der Waals surface area contributed by atoms with E-state index in [1.165, 1.54) is 0 Å². The van der Waals surface area contributed by atoms with Gasteiger partial charge in [0.15, 0.2) is 6.29 Å². The molecule has 3 saturated carbocycles. The fourth-order valence-electron chi connectivity index (χ4n) is 8.95. The Morgan fingerprint density at radius 1 is 1.15 bits per heavy atom. The number of rotatable bonds is 7. The first kappa shape index (κ1) is 29.1. The molecule has 0 aromatic carbocycles. The van der Waals surface area contributed by atoms with E-state index in [2.05, 4.69) is 6.92 Å². The molecule has 3 aliphatic carbocycles. The molecule has 0 aromatic rings. The minimum Gasteiger partial charge on any atom is -0.458 e. The molecule has 39 heavy (non-hydrogen) atoms. The maximum absolute atomic E-state index is 13.0. The molecular weight excluding hydrogens is 504 g/mol. The zero-order chi connectivity index (χ0) is 28.2. The van der Waals surface area contributed by atoms with E-state index in [-0.39, 0.29) is 23.9 Å². The summed E-state index contributed by atoms with van der Waals surface area (Å²) in [7, 11) is 1.56.